The van der Waals surface area contributed by atoms with Crippen LogP contribution in [0, 0.1) is 0 Å². The molecule has 0 aliphatic rings. The van der Waals surface area contributed by atoms with Crippen molar-refractivity contribution < 1.29 is 8.42 Å². The summed E-state index contributed by atoms with van der Waals surface area (Å²) in [6, 6.07) is 4.93. The summed E-state index contributed by atoms with van der Waals surface area (Å²) in [5, 5.41) is 0. The molecule has 3 N–H and O–H groups in total. The van der Waals surface area contributed by atoms with Crippen LogP contribution in [0.15, 0.2) is 35.2 Å². The Morgan fingerprint density at radius 3 is 2.65 bits per heavy atom. The van der Waals surface area contributed by atoms with Crippen molar-refractivity contribution in [2.45, 2.75) is 25.2 Å². The first-order valence-corrected chi connectivity index (χ1v) is 6.87. The van der Waals surface area contributed by atoms with E-state index in [0.29, 0.717) is 12.1 Å². The summed E-state index contributed by atoms with van der Waals surface area (Å²) in [5.74, 6) is 0. The summed E-state index contributed by atoms with van der Waals surface area (Å²) in [6.07, 6.45) is 0.642. The van der Waals surface area contributed by atoms with Gasteiger partial charge >= 0.3 is 0 Å². The second kappa shape index (κ2) is 5.33. The van der Waals surface area contributed by atoms with Gasteiger partial charge in [-0.05, 0) is 31.0 Å². The fraction of sp³-hybridized carbons (Fsp3) is 0.333. The minimum atomic E-state index is -3.51. The van der Waals surface area contributed by atoms with Crippen molar-refractivity contribution in [1.82, 2.24) is 4.72 Å². The molecule has 1 aromatic carbocycles. The van der Waals surface area contributed by atoms with Crippen LogP contribution in [0.3, 0.4) is 0 Å². The highest BCUT2D eigenvalue weighted by molar-refractivity contribution is 7.89. The third-order valence-electron chi connectivity index (χ3n) is 2.33. The molecular weight excluding hydrogens is 236 g/mol. The van der Waals surface area contributed by atoms with E-state index in [1.807, 2.05) is 6.92 Å². The van der Waals surface area contributed by atoms with Gasteiger partial charge in [-0.25, -0.2) is 13.1 Å². The van der Waals surface area contributed by atoms with Gasteiger partial charge in [-0.1, -0.05) is 25.1 Å². The summed E-state index contributed by atoms with van der Waals surface area (Å²) in [4.78, 5) is 0.251. The highest BCUT2D eigenvalue weighted by Crippen LogP contribution is 2.19. The molecule has 1 aromatic rings. The van der Waals surface area contributed by atoms with Crippen LogP contribution in [0.2, 0.25) is 0 Å². The number of nitrogens with one attached hydrogen (secondary N) is 1. The molecule has 17 heavy (non-hydrogen) atoms. The lowest BCUT2D eigenvalue weighted by Crippen LogP contribution is -2.26. The summed E-state index contributed by atoms with van der Waals surface area (Å²) in [6.45, 7) is 7.57. The highest BCUT2D eigenvalue weighted by atomic mass is 32.2. The molecule has 0 aliphatic carbocycles. The van der Waals surface area contributed by atoms with Gasteiger partial charge in [-0.3, -0.25) is 0 Å². The Morgan fingerprint density at radius 2 is 2.12 bits per heavy atom. The van der Waals surface area contributed by atoms with Crippen molar-refractivity contribution in [3.63, 3.8) is 0 Å². The Balaban J connectivity index is 3.13. The number of aryl methyl sites for hydroxylation is 1. The second-order valence-electron chi connectivity index (χ2n) is 4.00. The largest absolute Gasteiger partial charge is 0.399 e. The zero-order valence-corrected chi connectivity index (χ0v) is 11.0. The number of rotatable bonds is 5. The predicted octanol–water partition coefficient (Wildman–Crippen LogP) is 1.69. The van der Waals surface area contributed by atoms with E-state index in [0.717, 1.165) is 11.1 Å². The van der Waals surface area contributed by atoms with Crippen molar-refractivity contribution in [2.24, 2.45) is 0 Å². The molecule has 0 unspecified atom stereocenters. The Bertz CT molecular complexity index is 521. The Kier molecular flexibility index (Phi) is 4.31. The van der Waals surface area contributed by atoms with Gasteiger partial charge in [0.15, 0.2) is 0 Å². The van der Waals surface area contributed by atoms with Crippen LogP contribution in [-0.4, -0.2) is 15.0 Å². The van der Waals surface area contributed by atoms with Crippen molar-refractivity contribution in [2.75, 3.05) is 12.3 Å². The molecule has 0 fully saturated rings. The molecule has 1 rings (SSSR count). The number of hydrogen-bond donors (Lipinski definition) is 2. The van der Waals surface area contributed by atoms with Gasteiger partial charge in [0.2, 0.25) is 10.0 Å². The van der Waals surface area contributed by atoms with Gasteiger partial charge in [-0.15, -0.1) is 0 Å². The van der Waals surface area contributed by atoms with Gasteiger partial charge in [0, 0.05) is 12.2 Å². The third kappa shape index (κ3) is 3.57. The van der Waals surface area contributed by atoms with E-state index in [2.05, 4.69) is 11.3 Å². The second-order valence-corrected chi connectivity index (χ2v) is 5.74. The molecule has 4 nitrogen and oxygen atoms in total. The molecule has 0 heterocycles. The molecular formula is C12H18N2O2S. The third-order valence-corrected chi connectivity index (χ3v) is 3.81. The van der Waals surface area contributed by atoms with Crippen LogP contribution in [0.5, 0.6) is 0 Å². The lowest BCUT2D eigenvalue weighted by molar-refractivity contribution is 0.583. The molecule has 0 saturated carbocycles. The lowest BCUT2D eigenvalue weighted by atomic mass is 10.1. The van der Waals surface area contributed by atoms with Crippen molar-refractivity contribution >= 4 is 15.7 Å². The molecule has 0 aliphatic heterocycles. The summed E-state index contributed by atoms with van der Waals surface area (Å²) >= 11 is 0. The molecule has 0 atom stereocenters. The van der Waals surface area contributed by atoms with E-state index >= 15 is 0 Å². The number of benzene rings is 1. The summed E-state index contributed by atoms with van der Waals surface area (Å²) < 4.78 is 26.6. The lowest BCUT2D eigenvalue weighted by Gasteiger charge is -2.11. The van der Waals surface area contributed by atoms with E-state index in [1.54, 1.807) is 19.1 Å². The first-order chi connectivity index (χ1) is 7.86. The van der Waals surface area contributed by atoms with E-state index in [1.165, 1.54) is 6.07 Å². The van der Waals surface area contributed by atoms with E-state index in [-0.39, 0.29) is 11.4 Å². The monoisotopic (exact) mass is 254 g/mol. The first-order valence-electron chi connectivity index (χ1n) is 5.39. The van der Waals surface area contributed by atoms with Crippen LogP contribution in [-0.2, 0) is 16.4 Å². The van der Waals surface area contributed by atoms with E-state index < -0.39 is 10.0 Å². The van der Waals surface area contributed by atoms with Crippen molar-refractivity contribution in [3.05, 3.63) is 35.9 Å². The Morgan fingerprint density at radius 1 is 1.47 bits per heavy atom. The van der Waals surface area contributed by atoms with Crippen molar-refractivity contribution in [3.8, 4) is 0 Å². The van der Waals surface area contributed by atoms with Crippen LogP contribution >= 0.6 is 0 Å². The average Bonchev–Trinajstić information content (AvgIpc) is 2.26. The normalized spacial score (nSPS) is 11.4. The maximum Gasteiger partial charge on any atom is 0.241 e. The first kappa shape index (κ1) is 13.7. The maximum absolute atomic E-state index is 12.1. The Hall–Kier alpha value is -1.33. The van der Waals surface area contributed by atoms with Crippen LogP contribution in [0.1, 0.15) is 19.4 Å². The van der Waals surface area contributed by atoms with Crippen LogP contribution in [0.25, 0.3) is 0 Å². The molecule has 0 amide bonds. The van der Waals surface area contributed by atoms with Crippen LogP contribution < -0.4 is 10.5 Å². The molecule has 0 spiro atoms. The SMILES string of the molecule is C=C(C)CNS(=O)(=O)c1cc(N)ccc1CC. The van der Waals surface area contributed by atoms with Gasteiger partial charge in [0.25, 0.3) is 0 Å². The van der Waals surface area contributed by atoms with Gasteiger partial charge in [0.1, 0.15) is 0 Å². The van der Waals surface area contributed by atoms with Gasteiger partial charge in [-0.2, -0.15) is 0 Å². The minimum Gasteiger partial charge on any atom is -0.399 e. The molecule has 94 valence electrons. The quantitative estimate of drug-likeness (QED) is 0.620. The van der Waals surface area contributed by atoms with E-state index in [4.69, 9.17) is 5.73 Å². The molecule has 0 saturated heterocycles. The number of hydrogen-bond acceptors (Lipinski definition) is 3. The molecule has 0 aromatic heterocycles. The van der Waals surface area contributed by atoms with Crippen molar-refractivity contribution in [1.29, 1.82) is 0 Å². The topological polar surface area (TPSA) is 72.2 Å². The fourth-order valence-electron chi connectivity index (χ4n) is 1.41. The summed E-state index contributed by atoms with van der Waals surface area (Å²) in [7, 11) is -3.51. The smallest absolute Gasteiger partial charge is 0.241 e. The highest BCUT2D eigenvalue weighted by Gasteiger charge is 2.17. The maximum atomic E-state index is 12.1. The molecule has 0 radical (unpaired) electrons. The predicted molar refractivity (Wildman–Crippen MR) is 70.2 cm³/mol. The standard InChI is InChI=1S/C12H18N2O2S/c1-4-10-5-6-11(13)7-12(10)17(15,16)14-8-9(2)3/h5-7,14H,2,4,8,13H2,1,3H3. The number of nitrogens with two attached hydrogens (primary N) is 1. The van der Waals surface area contributed by atoms with E-state index in [9.17, 15) is 8.42 Å². The number of sulfonamides is 1. The minimum absolute atomic E-state index is 0.236. The fourth-order valence-corrected chi connectivity index (χ4v) is 2.85. The molecule has 0 bridgehead atoms. The zero-order chi connectivity index (χ0) is 13.1. The molecule has 5 heteroatoms. The van der Waals surface area contributed by atoms with Gasteiger partial charge < -0.3 is 5.73 Å². The number of anilines is 1. The summed E-state index contributed by atoms with van der Waals surface area (Å²) in [5.41, 5.74) is 7.59. The zero-order valence-electron chi connectivity index (χ0n) is 10.2. The van der Waals surface area contributed by atoms with Gasteiger partial charge in [0.05, 0.1) is 4.90 Å². The Labute approximate surface area is 103 Å². The van der Waals surface area contributed by atoms with Crippen LogP contribution in [0.4, 0.5) is 5.69 Å². The average molecular weight is 254 g/mol. The number of nitrogen functional groups attached to an aromatic ring is 1.